The molecule has 1 unspecified atom stereocenters. The molecule has 5 heteroatoms. The first-order valence-electron chi connectivity index (χ1n) is 9.31. The van der Waals surface area contributed by atoms with E-state index in [0.717, 1.165) is 18.7 Å². The molecule has 23 heavy (non-hydrogen) atoms. The van der Waals surface area contributed by atoms with Crippen LogP contribution in [0.5, 0.6) is 0 Å². The predicted molar refractivity (Wildman–Crippen MR) is 94.0 cm³/mol. The third-order valence-corrected chi connectivity index (χ3v) is 4.42. The van der Waals surface area contributed by atoms with Crippen LogP contribution in [0.15, 0.2) is 4.99 Å². The van der Waals surface area contributed by atoms with Gasteiger partial charge in [0.25, 0.3) is 0 Å². The Hall–Kier alpha value is -1.10. The first kappa shape index (κ1) is 19.9. The second kappa shape index (κ2) is 12.3. The van der Waals surface area contributed by atoms with Crippen LogP contribution in [0, 0.1) is 0 Å². The fraction of sp³-hybridized carbons (Fsp3) is 0.889. The Morgan fingerprint density at radius 2 is 1.74 bits per heavy atom. The molecule has 0 aromatic rings. The number of aliphatic carboxylic acids is 1. The van der Waals surface area contributed by atoms with Gasteiger partial charge in [-0.1, -0.05) is 58.3 Å². The minimum Gasteiger partial charge on any atom is -0.480 e. The Morgan fingerprint density at radius 3 is 2.30 bits per heavy atom. The van der Waals surface area contributed by atoms with Gasteiger partial charge in [0.1, 0.15) is 6.54 Å². The highest BCUT2D eigenvalue weighted by atomic mass is 16.4. The molecule has 0 spiro atoms. The van der Waals surface area contributed by atoms with E-state index < -0.39 is 5.97 Å². The van der Waals surface area contributed by atoms with Gasteiger partial charge < -0.3 is 15.1 Å². The number of unbranched alkanes of at least 4 members (excludes halogenated alkanes) is 8. The van der Waals surface area contributed by atoms with Gasteiger partial charge in [-0.2, -0.15) is 0 Å². The van der Waals surface area contributed by atoms with Crippen molar-refractivity contribution in [2.24, 2.45) is 4.99 Å². The maximum Gasteiger partial charge on any atom is 0.323 e. The molecule has 0 saturated carbocycles. The molecule has 2 N–H and O–H groups in total. The van der Waals surface area contributed by atoms with Crippen molar-refractivity contribution in [2.75, 3.05) is 19.7 Å². The molecule has 0 aromatic heterocycles. The van der Waals surface area contributed by atoms with E-state index in [4.69, 9.17) is 10.2 Å². The molecule has 0 aliphatic carbocycles. The van der Waals surface area contributed by atoms with E-state index in [1.165, 1.54) is 51.4 Å². The topological polar surface area (TPSA) is 73.1 Å². The lowest BCUT2D eigenvalue weighted by atomic mass is 10.1. The summed E-state index contributed by atoms with van der Waals surface area (Å²) in [5, 5.41) is 18.0. The number of rotatable bonds is 14. The monoisotopic (exact) mass is 326 g/mol. The molecule has 134 valence electrons. The molecule has 1 aliphatic heterocycles. The lowest BCUT2D eigenvalue weighted by Crippen LogP contribution is -2.34. The molecular formula is C18H34N2O3. The second-order valence-electron chi connectivity index (χ2n) is 6.56. The van der Waals surface area contributed by atoms with Gasteiger partial charge in [0.05, 0.1) is 11.9 Å². The number of nitrogens with zero attached hydrogens (tertiary/aromatic N) is 2. The Balaban J connectivity index is 2.17. The van der Waals surface area contributed by atoms with E-state index in [1.807, 2.05) is 4.90 Å². The number of aliphatic hydroxyl groups excluding tert-OH is 1. The molecular weight excluding hydrogens is 292 g/mol. The lowest BCUT2D eigenvalue weighted by Gasteiger charge is -2.18. The van der Waals surface area contributed by atoms with Crippen molar-refractivity contribution < 1.29 is 15.0 Å². The zero-order valence-electron chi connectivity index (χ0n) is 14.7. The fourth-order valence-corrected chi connectivity index (χ4v) is 3.13. The average molecular weight is 326 g/mol. The highest BCUT2D eigenvalue weighted by Crippen LogP contribution is 2.17. The van der Waals surface area contributed by atoms with Crippen molar-refractivity contribution in [3.05, 3.63) is 0 Å². The van der Waals surface area contributed by atoms with Gasteiger partial charge in [-0.3, -0.25) is 9.79 Å². The standard InChI is InChI=1S/C18H34N2O3/c1-2-3-4-5-6-7-8-9-10-11-17-19-16(12-13-21)14-20(17)15-18(22)23/h16,21H,2-15H2,1H3,(H,22,23). The van der Waals surface area contributed by atoms with Crippen LogP contribution in [0.1, 0.15) is 77.6 Å². The molecule has 0 fully saturated rings. The van der Waals surface area contributed by atoms with Crippen LogP contribution >= 0.6 is 0 Å². The van der Waals surface area contributed by atoms with Crippen molar-refractivity contribution in [1.29, 1.82) is 0 Å². The number of aliphatic hydroxyl groups is 1. The molecule has 1 heterocycles. The summed E-state index contributed by atoms with van der Waals surface area (Å²) in [6.45, 7) is 3.02. The first-order valence-corrected chi connectivity index (χ1v) is 9.31. The maximum absolute atomic E-state index is 10.9. The number of carbonyl (C=O) groups is 1. The van der Waals surface area contributed by atoms with Crippen LogP contribution < -0.4 is 0 Å². The predicted octanol–water partition coefficient (Wildman–Crippen LogP) is 3.46. The minimum atomic E-state index is -0.811. The summed E-state index contributed by atoms with van der Waals surface area (Å²) in [4.78, 5) is 17.4. The number of hydrogen-bond acceptors (Lipinski definition) is 4. The zero-order chi connectivity index (χ0) is 16.9. The Kier molecular flexibility index (Phi) is 10.7. The molecule has 0 amide bonds. The summed E-state index contributed by atoms with van der Waals surface area (Å²) in [5.74, 6) is 0.114. The third kappa shape index (κ3) is 8.94. The largest absolute Gasteiger partial charge is 0.480 e. The number of hydrogen-bond donors (Lipinski definition) is 2. The van der Waals surface area contributed by atoms with Crippen molar-refractivity contribution in [2.45, 2.75) is 83.6 Å². The molecule has 0 radical (unpaired) electrons. The molecule has 0 saturated heterocycles. The van der Waals surface area contributed by atoms with Crippen molar-refractivity contribution in [1.82, 2.24) is 4.90 Å². The zero-order valence-corrected chi connectivity index (χ0v) is 14.7. The highest BCUT2D eigenvalue weighted by molar-refractivity contribution is 5.87. The van der Waals surface area contributed by atoms with E-state index >= 15 is 0 Å². The first-order chi connectivity index (χ1) is 11.2. The molecule has 1 rings (SSSR count). The summed E-state index contributed by atoms with van der Waals surface area (Å²) in [7, 11) is 0. The van der Waals surface area contributed by atoms with Crippen LogP contribution in [0.3, 0.4) is 0 Å². The molecule has 5 nitrogen and oxygen atoms in total. The molecule has 0 bridgehead atoms. The average Bonchev–Trinajstić information content (AvgIpc) is 2.87. The van der Waals surface area contributed by atoms with Crippen molar-refractivity contribution in [3.8, 4) is 0 Å². The van der Waals surface area contributed by atoms with Crippen LogP contribution in [0.4, 0.5) is 0 Å². The number of aliphatic imine (C=N–C) groups is 1. The van der Waals surface area contributed by atoms with Crippen molar-refractivity contribution in [3.63, 3.8) is 0 Å². The van der Waals surface area contributed by atoms with Crippen LogP contribution in [0.25, 0.3) is 0 Å². The molecule has 1 atom stereocenters. The summed E-state index contributed by atoms with van der Waals surface area (Å²) in [6.07, 6.45) is 13.0. The number of carboxylic acid groups (broad SMARTS) is 1. The van der Waals surface area contributed by atoms with Crippen LogP contribution in [0.2, 0.25) is 0 Å². The summed E-state index contributed by atoms with van der Waals surface area (Å²) >= 11 is 0. The third-order valence-electron chi connectivity index (χ3n) is 4.42. The lowest BCUT2D eigenvalue weighted by molar-refractivity contribution is -0.137. The summed E-state index contributed by atoms with van der Waals surface area (Å²) in [6, 6.07) is 0.0629. The minimum absolute atomic E-state index is 0.0260. The normalized spacial score (nSPS) is 17.6. The van der Waals surface area contributed by atoms with Gasteiger partial charge in [0, 0.05) is 19.6 Å². The Labute approximate surface area is 140 Å². The number of carboxylic acids is 1. The Morgan fingerprint density at radius 1 is 1.13 bits per heavy atom. The van der Waals surface area contributed by atoms with Gasteiger partial charge in [0.2, 0.25) is 0 Å². The second-order valence-corrected chi connectivity index (χ2v) is 6.56. The van der Waals surface area contributed by atoms with E-state index in [-0.39, 0.29) is 19.2 Å². The smallest absolute Gasteiger partial charge is 0.323 e. The highest BCUT2D eigenvalue weighted by Gasteiger charge is 2.25. The molecule has 1 aliphatic rings. The maximum atomic E-state index is 10.9. The van der Waals surface area contributed by atoms with Crippen LogP contribution in [-0.2, 0) is 4.79 Å². The van der Waals surface area contributed by atoms with Gasteiger partial charge in [-0.25, -0.2) is 0 Å². The van der Waals surface area contributed by atoms with Crippen LogP contribution in [-0.4, -0.2) is 52.7 Å². The van der Waals surface area contributed by atoms with E-state index in [0.29, 0.717) is 13.0 Å². The SMILES string of the molecule is CCCCCCCCCCCC1=NC(CCO)CN1CC(=O)O. The quantitative estimate of drug-likeness (QED) is 0.479. The van der Waals surface area contributed by atoms with Gasteiger partial charge in [-0.05, 0) is 12.8 Å². The summed E-state index contributed by atoms with van der Waals surface area (Å²) < 4.78 is 0. The van der Waals surface area contributed by atoms with E-state index in [9.17, 15) is 4.79 Å². The number of amidine groups is 1. The van der Waals surface area contributed by atoms with Gasteiger partial charge >= 0.3 is 5.97 Å². The fourth-order valence-electron chi connectivity index (χ4n) is 3.13. The van der Waals surface area contributed by atoms with Crippen molar-refractivity contribution >= 4 is 11.8 Å². The molecule has 0 aromatic carbocycles. The van der Waals surface area contributed by atoms with Gasteiger partial charge in [-0.15, -0.1) is 0 Å². The summed E-state index contributed by atoms with van der Waals surface area (Å²) in [5.41, 5.74) is 0. The van der Waals surface area contributed by atoms with E-state index in [2.05, 4.69) is 11.9 Å². The van der Waals surface area contributed by atoms with E-state index in [1.54, 1.807) is 0 Å². The Bertz CT molecular complexity index is 358. The van der Waals surface area contributed by atoms with Gasteiger partial charge in [0.15, 0.2) is 0 Å².